The Bertz CT molecular complexity index is 421. The van der Waals surface area contributed by atoms with Gasteiger partial charge in [0, 0.05) is 24.8 Å². The Kier molecular flexibility index (Phi) is 5.86. The highest BCUT2D eigenvalue weighted by atomic mass is 16.5. The van der Waals surface area contributed by atoms with E-state index in [0.29, 0.717) is 26.1 Å². The topological polar surface area (TPSA) is 88.1 Å². The van der Waals surface area contributed by atoms with Crippen LogP contribution in [0.2, 0.25) is 0 Å². The number of rotatable bonds is 3. The van der Waals surface area contributed by atoms with Gasteiger partial charge in [-0.3, -0.25) is 9.69 Å². The van der Waals surface area contributed by atoms with Crippen molar-refractivity contribution in [2.45, 2.75) is 70.2 Å². The first-order valence-corrected chi connectivity index (χ1v) is 8.31. The molecule has 0 aromatic heterocycles. The normalized spacial score (nSPS) is 26.6. The zero-order valence-electron chi connectivity index (χ0n) is 14.2. The molecule has 2 aliphatic rings. The van der Waals surface area contributed by atoms with Gasteiger partial charge in [0.2, 0.25) is 5.91 Å². The van der Waals surface area contributed by atoms with Gasteiger partial charge in [-0.05, 0) is 46.5 Å². The van der Waals surface area contributed by atoms with Crippen LogP contribution in [0.4, 0.5) is 4.79 Å². The predicted molar refractivity (Wildman–Crippen MR) is 84.4 cm³/mol. The van der Waals surface area contributed by atoms with Gasteiger partial charge in [-0.2, -0.15) is 0 Å². The molecule has 2 N–H and O–H groups in total. The summed E-state index contributed by atoms with van der Waals surface area (Å²) < 4.78 is 10.9. The molecule has 0 saturated carbocycles. The molecule has 0 aliphatic carbocycles. The van der Waals surface area contributed by atoms with E-state index < -0.39 is 17.7 Å². The fourth-order valence-corrected chi connectivity index (χ4v) is 3.27. The summed E-state index contributed by atoms with van der Waals surface area (Å²) in [6.07, 6.45) is 1.41. The molecule has 0 spiro atoms. The van der Waals surface area contributed by atoms with Crippen LogP contribution in [0.3, 0.4) is 0 Å². The van der Waals surface area contributed by atoms with E-state index in [2.05, 4.69) is 5.32 Å². The highest BCUT2D eigenvalue weighted by Crippen LogP contribution is 2.25. The fraction of sp³-hybridized carbons (Fsp3) is 0.875. The first kappa shape index (κ1) is 18.0. The highest BCUT2D eigenvalue weighted by molar-refractivity contribution is 5.81. The van der Waals surface area contributed by atoms with Gasteiger partial charge < -0.3 is 19.9 Å². The molecule has 0 unspecified atom stereocenters. The first-order valence-electron chi connectivity index (χ1n) is 8.31. The average Bonchev–Trinajstić information content (AvgIpc) is 2.47. The van der Waals surface area contributed by atoms with Crippen molar-refractivity contribution in [2.75, 3.05) is 19.8 Å². The minimum absolute atomic E-state index is 0.0898. The Balaban J connectivity index is 1.85. The van der Waals surface area contributed by atoms with Crippen molar-refractivity contribution in [1.82, 2.24) is 10.2 Å². The number of ether oxygens (including phenoxy) is 2. The van der Waals surface area contributed by atoms with Gasteiger partial charge in [-0.25, -0.2) is 4.79 Å². The zero-order valence-corrected chi connectivity index (χ0v) is 14.2. The summed E-state index contributed by atoms with van der Waals surface area (Å²) in [7, 11) is 0. The third kappa shape index (κ3) is 4.81. The lowest BCUT2D eigenvalue weighted by Gasteiger charge is -2.42. The Labute approximate surface area is 137 Å². The van der Waals surface area contributed by atoms with Crippen LogP contribution in [0.15, 0.2) is 0 Å². The van der Waals surface area contributed by atoms with E-state index >= 15 is 0 Å². The Morgan fingerprint density at radius 2 is 1.78 bits per heavy atom. The van der Waals surface area contributed by atoms with E-state index in [1.165, 1.54) is 4.90 Å². The number of amides is 2. The summed E-state index contributed by atoms with van der Waals surface area (Å²) >= 11 is 0. The SMILES string of the molecule is CC(C)(C)N(C(=O)O)[C@@H]1CC[C@@H](C(=O)NC2CCOCC2)OC1. The number of carbonyl (C=O) groups excluding carboxylic acids is 1. The van der Waals surface area contributed by atoms with E-state index in [0.717, 1.165) is 12.8 Å². The molecule has 2 fully saturated rings. The summed E-state index contributed by atoms with van der Waals surface area (Å²) in [5, 5.41) is 12.4. The third-order valence-electron chi connectivity index (χ3n) is 4.41. The van der Waals surface area contributed by atoms with E-state index in [1.54, 1.807) is 0 Å². The lowest BCUT2D eigenvalue weighted by Crippen LogP contribution is -2.56. The second kappa shape index (κ2) is 7.49. The second-order valence-electron chi connectivity index (χ2n) is 7.27. The van der Waals surface area contributed by atoms with Crippen molar-refractivity contribution in [3.8, 4) is 0 Å². The fourth-order valence-electron chi connectivity index (χ4n) is 3.27. The van der Waals surface area contributed by atoms with Crippen molar-refractivity contribution in [2.24, 2.45) is 0 Å². The van der Waals surface area contributed by atoms with Crippen molar-refractivity contribution in [1.29, 1.82) is 0 Å². The summed E-state index contributed by atoms with van der Waals surface area (Å²) in [5.74, 6) is -0.0898. The second-order valence-corrected chi connectivity index (χ2v) is 7.27. The van der Waals surface area contributed by atoms with Crippen LogP contribution >= 0.6 is 0 Å². The lowest BCUT2D eigenvalue weighted by molar-refractivity contribution is -0.140. The number of nitrogens with one attached hydrogen (secondary N) is 1. The van der Waals surface area contributed by atoms with E-state index in [4.69, 9.17) is 9.47 Å². The molecule has 132 valence electrons. The Morgan fingerprint density at radius 1 is 1.13 bits per heavy atom. The first-order chi connectivity index (χ1) is 10.8. The van der Waals surface area contributed by atoms with Crippen LogP contribution in [0.25, 0.3) is 0 Å². The van der Waals surface area contributed by atoms with Gasteiger partial charge in [0.05, 0.1) is 12.6 Å². The molecule has 2 saturated heterocycles. The van der Waals surface area contributed by atoms with Crippen molar-refractivity contribution < 1.29 is 24.2 Å². The molecular weight excluding hydrogens is 300 g/mol. The summed E-state index contributed by atoms with van der Waals surface area (Å²) in [4.78, 5) is 25.2. The molecule has 2 heterocycles. The number of hydrogen-bond acceptors (Lipinski definition) is 4. The van der Waals surface area contributed by atoms with Crippen molar-refractivity contribution in [3.63, 3.8) is 0 Å². The smallest absolute Gasteiger partial charge is 0.408 e. The van der Waals surface area contributed by atoms with Crippen LogP contribution in [-0.2, 0) is 14.3 Å². The van der Waals surface area contributed by atoms with Gasteiger partial charge in [-0.15, -0.1) is 0 Å². The standard InChI is InChI=1S/C16H28N2O5/c1-16(2,3)18(15(20)21)12-4-5-13(23-10-12)14(19)17-11-6-8-22-9-7-11/h11-13H,4-10H2,1-3H3,(H,17,19)(H,20,21)/t12-,13+/m1/s1. The Hall–Kier alpha value is -1.34. The minimum Gasteiger partial charge on any atom is -0.465 e. The van der Waals surface area contributed by atoms with Gasteiger partial charge in [0.15, 0.2) is 0 Å². The maximum absolute atomic E-state index is 12.3. The molecule has 0 aromatic rings. The maximum Gasteiger partial charge on any atom is 0.408 e. The third-order valence-corrected chi connectivity index (χ3v) is 4.41. The minimum atomic E-state index is -0.948. The van der Waals surface area contributed by atoms with Crippen LogP contribution in [0, 0.1) is 0 Å². The number of carbonyl (C=O) groups is 2. The zero-order chi connectivity index (χ0) is 17.0. The van der Waals surface area contributed by atoms with Crippen LogP contribution < -0.4 is 5.32 Å². The van der Waals surface area contributed by atoms with E-state index in [9.17, 15) is 14.7 Å². The van der Waals surface area contributed by atoms with Crippen LogP contribution in [-0.4, -0.2) is 65.6 Å². The molecule has 2 rings (SSSR count). The molecule has 0 radical (unpaired) electrons. The number of carboxylic acid groups (broad SMARTS) is 1. The van der Waals surface area contributed by atoms with Crippen molar-refractivity contribution >= 4 is 12.0 Å². The van der Waals surface area contributed by atoms with E-state index in [1.807, 2.05) is 20.8 Å². The number of nitrogens with zero attached hydrogens (tertiary/aromatic N) is 1. The predicted octanol–water partition coefficient (Wildman–Crippen LogP) is 1.61. The van der Waals surface area contributed by atoms with E-state index in [-0.39, 0.29) is 24.6 Å². The van der Waals surface area contributed by atoms with Gasteiger partial charge >= 0.3 is 6.09 Å². The molecule has 2 aliphatic heterocycles. The largest absolute Gasteiger partial charge is 0.465 e. The molecular formula is C16H28N2O5. The molecule has 7 nitrogen and oxygen atoms in total. The van der Waals surface area contributed by atoms with Gasteiger partial charge in [0.1, 0.15) is 6.10 Å². The quantitative estimate of drug-likeness (QED) is 0.822. The molecule has 23 heavy (non-hydrogen) atoms. The lowest BCUT2D eigenvalue weighted by atomic mass is 9.97. The van der Waals surface area contributed by atoms with Gasteiger partial charge in [-0.1, -0.05) is 0 Å². The maximum atomic E-state index is 12.3. The molecule has 0 bridgehead atoms. The monoisotopic (exact) mass is 328 g/mol. The summed E-state index contributed by atoms with van der Waals surface area (Å²) in [6.45, 7) is 7.21. The van der Waals surface area contributed by atoms with Gasteiger partial charge in [0.25, 0.3) is 0 Å². The van der Waals surface area contributed by atoms with Crippen LogP contribution in [0.1, 0.15) is 46.5 Å². The molecule has 7 heteroatoms. The van der Waals surface area contributed by atoms with Crippen LogP contribution in [0.5, 0.6) is 0 Å². The van der Waals surface area contributed by atoms with Crippen molar-refractivity contribution in [3.05, 3.63) is 0 Å². The molecule has 2 amide bonds. The highest BCUT2D eigenvalue weighted by Gasteiger charge is 2.37. The summed E-state index contributed by atoms with van der Waals surface area (Å²) in [5.41, 5.74) is -0.489. The summed E-state index contributed by atoms with van der Waals surface area (Å²) in [6, 6.07) is -0.0534. The Morgan fingerprint density at radius 3 is 2.26 bits per heavy atom. The molecule has 0 aromatic carbocycles. The molecule has 2 atom stereocenters. The average molecular weight is 328 g/mol. The number of hydrogen-bond donors (Lipinski definition) is 2.